The number of carbonyl (C=O) groups excluding carboxylic acids is 1. The van der Waals surface area contributed by atoms with Crippen LogP contribution in [0.4, 0.5) is 20.2 Å². The molecule has 0 aliphatic heterocycles. The van der Waals surface area contributed by atoms with Crippen LogP contribution >= 0.6 is 0 Å². The first kappa shape index (κ1) is 19.8. The van der Waals surface area contributed by atoms with Gasteiger partial charge in [-0.15, -0.1) is 0 Å². The number of nitrogens with zero attached hydrogens (tertiary/aromatic N) is 2. The average molecular weight is 383 g/mol. The van der Waals surface area contributed by atoms with Crippen LogP contribution in [-0.4, -0.2) is 46.8 Å². The molecule has 0 bridgehead atoms. The first-order valence-electron chi connectivity index (χ1n) is 7.55. The Morgan fingerprint density at radius 2 is 1.69 bits per heavy atom. The number of anilines is 2. The van der Waals surface area contributed by atoms with E-state index in [-0.39, 0.29) is 10.6 Å². The van der Waals surface area contributed by atoms with E-state index >= 15 is 0 Å². The van der Waals surface area contributed by atoms with E-state index in [9.17, 15) is 22.0 Å². The van der Waals surface area contributed by atoms with E-state index in [2.05, 4.69) is 5.32 Å². The Morgan fingerprint density at radius 1 is 1.04 bits per heavy atom. The lowest BCUT2D eigenvalue weighted by molar-refractivity contribution is 0.102. The van der Waals surface area contributed by atoms with Crippen LogP contribution in [-0.2, 0) is 10.0 Å². The highest BCUT2D eigenvalue weighted by Crippen LogP contribution is 2.29. The lowest BCUT2D eigenvalue weighted by Gasteiger charge is -2.20. The monoisotopic (exact) mass is 383 g/mol. The summed E-state index contributed by atoms with van der Waals surface area (Å²) in [7, 11) is 2.45. The topological polar surface area (TPSA) is 69.7 Å². The van der Waals surface area contributed by atoms with Crippen LogP contribution in [0.2, 0.25) is 0 Å². The molecule has 140 valence electrons. The second-order valence-electron chi connectivity index (χ2n) is 5.92. The van der Waals surface area contributed by atoms with Crippen LogP contribution in [0.15, 0.2) is 41.3 Å². The number of amides is 1. The molecule has 0 aliphatic carbocycles. The minimum atomic E-state index is -3.73. The summed E-state index contributed by atoms with van der Waals surface area (Å²) in [5.74, 6) is -3.30. The number of carbonyl (C=O) groups is 1. The van der Waals surface area contributed by atoms with Gasteiger partial charge in [-0.05, 0) is 30.3 Å². The zero-order valence-electron chi connectivity index (χ0n) is 14.7. The second kappa shape index (κ2) is 7.38. The Kier molecular flexibility index (Phi) is 5.62. The van der Waals surface area contributed by atoms with Crippen LogP contribution in [0, 0.1) is 11.6 Å². The van der Waals surface area contributed by atoms with E-state index in [0.29, 0.717) is 5.69 Å². The van der Waals surface area contributed by atoms with E-state index in [1.165, 1.54) is 38.4 Å². The molecule has 0 aromatic heterocycles. The van der Waals surface area contributed by atoms with Gasteiger partial charge in [0, 0.05) is 28.2 Å². The fraction of sp³-hybridized carbons (Fsp3) is 0.235. The average Bonchev–Trinajstić information content (AvgIpc) is 2.56. The van der Waals surface area contributed by atoms with Gasteiger partial charge < -0.3 is 10.2 Å². The van der Waals surface area contributed by atoms with Gasteiger partial charge in [0.2, 0.25) is 10.0 Å². The van der Waals surface area contributed by atoms with Crippen molar-refractivity contribution in [1.29, 1.82) is 0 Å². The minimum Gasteiger partial charge on any atom is -0.376 e. The van der Waals surface area contributed by atoms with Gasteiger partial charge in [-0.25, -0.2) is 21.5 Å². The predicted octanol–water partition coefficient (Wildman–Crippen LogP) is 2.53. The fourth-order valence-corrected chi connectivity index (χ4v) is 3.17. The molecule has 9 heteroatoms. The first-order chi connectivity index (χ1) is 12.1. The molecule has 0 radical (unpaired) electrons. The first-order valence-corrected chi connectivity index (χ1v) is 8.99. The number of halogens is 2. The third-order valence-corrected chi connectivity index (χ3v) is 5.48. The molecule has 0 unspecified atom stereocenters. The van der Waals surface area contributed by atoms with Crippen LogP contribution in [0.5, 0.6) is 0 Å². The summed E-state index contributed by atoms with van der Waals surface area (Å²) in [4.78, 5) is 14.0. The molecule has 0 spiro atoms. The molecule has 2 aromatic carbocycles. The molecular weight excluding hydrogens is 364 g/mol. The predicted molar refractivity (Wildman–Crippen MR) is 96.0 cm³/mol. The smallest absolute Gasteiger partial charge is 0.258 e. The maximum atomic E-state index is 13.8. The summed E-state index contributed by atoms with van der Waals surface area (Å²) in [6, 6.07) is 7.47. The van der Waals surface area contributed by atoms with Crippen LogP contribution in [0.25, 0.3) is 0 Å². The summed E-state index contributed by atoms with van der Waals surface area (Å²) in [5, 5.41) is 2.46. The molecule has 2 aromatic rings. The third kappa shape index (κ3) is 3.83. The lowest BCUT2D eigenvalue weighted by Crippen LogP contribution is -2.23. The van der Waals surface area contributed by atoms with Gasteiger partial charge in [-0.2, -0.15) is 0 Å². The molecule has 0 saturated carbocycles. The quantitative estimate of drug-likeness (QED) is 0.862. The van der Waals surface area contributed by atoms with Crippen molar-refractivity contribution in [3.05, 3.63) is 53.6 Å². The number of benzene rings is 2. The van der Waals surface area contributed by atoms with E-state index in [0.717, 1.165) is 16.4 Å². The van der Waals surface area contributed by atoms with Crippen LogP contribution in [0.1, 0.15) is 10.4 Å². The Morgan fingerprint density at radius 3 is 2.27 bits per heavy atom. The molecule has 6 nitrogen and oxygen atoms in total. The zero-order valence-corrected chi connectivity index (χ0v) is 15.6. The summed E-state index contributed by atoms with van der Waals surface area (Å²) in [6.07, 6.45) is 0. The van der Waals surface area contributed by atoms with Gasteiger partial charge in [0.15, 0.2) is 11.6 Å². The van der Waals surface area contributed by atoms with Crippen molar-refractivity contribution in [3.63, 3.8) is 0 Å². The summed E-state index contributed by atoms with van der Waals surface area (Å²) in [5.41, 5.74) is 0.190. The van der Waals surface area contributed by atoms with Gasteiger partial charge in [-0.3, -0.25) is 4.79 Å². The maximum absolute atomic E-state index is 13.8. The largest absolute Gasteiger partial charge is 0.376 e. The van der Waals surface area contributed by atoms with E-state index in [1.807, 2.05) is 0 Å². The summed E-state index contributed by atoms with van der Waals surface area (Å²) in [6.45, 7) is 0. The molecule has 1 N–H and O–H groups in total. The zero-order chi connectivity index (χ0) is 19.6. The molecule has 0 aliphatic rings. The SMILES string of the molecule is CN(C)c1ccc(S(=O)(=O)N(C)C)cc1NC(=O)c1cccc(F)c1F. The Hall–Kier alpha value is -2.52. The number of sulfonamides is 1. The summed E-state index contributed by atoms with van der Waals surface area (Å²) < 4.78 is 52.8. The van der Waals surface area contributed by atoms with Crippen molar-refractivity contribution in [2.75, 3.05) is 38.4 Å². The van der Waals surface area contributed by atoms with Gasteiger partial charge >= 0.3 is 0 Å². The van der Waals surface area contributed by atoms with Crippen molar-refractivity contribution in [3.8, 4) is 0 Å². The number of nitrogens with one attached hydrogen (secondary N) is 1. The van der Waals surface area contributed by atoms with Crippen molar-refractivity contribution in [1.82, 2.24) is 4.31 Å². The second-order valence-corrected chi connectivity index (χ2v) is 8.07. The van der Waals surface area contributed by atoms with Gasteiger partial charge in [-0.1, -0.05) is 6.07 Å². The molecule has 0 fully saturated rings. The van der Waals surface area contributed by atoms with Crippen molar-refractivity contribution >= 4 is 27.3 Å². The molecule has 1 amide bonds. The molecule has 26 heavy (non-hydrogen) atoms. The normalized spacial score (nSPS) is 11.5. The van der Waals surface area contributed by atoms with Crippen LogP contribution in [0.3, 0.4) is 0 Å². The number of hydrogen-bond donors (Lipinski definition) is 1. The number of hydrogen-bond acceptors (Lipinski definition) is 4. The maximum Gasteiger partial charge on any atom is 0.258 e. The summed E-state index contributed by atoms with van der Waals surface area (Å²) >= 11 is 0. The Labute approximate surface area is 151 Å². The van der Waals surface area contributed by atoms with Crippen LogP contribution < -0.4 is 10.2 Å². The lowest BCUT2D eigenvalue weighted by atomic mass is 10.1. The van der Waals surface area contributed by atoms with Crippen molar-refractivity contribution in [2.24, 2.45) is 0 Å². The Balaban J connectivity index is 2.50. The fourth-order valence-electron chi connectivity index (χ4n) is 2.25. The van der Waals surface area contributed by atoms with E-state index < -0.39 is 33.1 Å². The minimum absolute atomic E-state index is 0.0388. The standard InChI is InChI=1S/C17H19F2N3O3S/c1-21(2)15-9-8-11(26(24,25)22(3)4)10-14(15)20-17(23)12-6-5-7-13(18)16(12)19/h5-10H,1-4H3,(H,20,23). The van der Waals surface area contributed by atoms with Gasteiger partial charge in [0.1, 0.15) is 0 Å². The molecule has 0 heterocycles. The molecule has 2 rings (SSSR count). The van der Waals surface area contributed by atoms with Crippen molar-refractivity contribution < 1.29 is 22.0 Å². The molecule has 0 saturated heterocycles. The highest BCUT2D eigenvalue weighted by atomic mass is 32.2. The van der Waals surface area contributed by atoms with Gasteiger partial charge in [0.05, 0.1) is 21.8 Å². The number of rotatable bonds is 5. The molecule has 0 atom stereocenters. The van der Waals surface area contributed by atoms with E-state index in [1.54, 1.807) is 19.0 Å². The van der Waals surface area contributed by atoms with E-state index in [4.69, 9.17) is 0 Å². The Bertz CT molecular complexity index is 944. The van der Waals surface area contributed by atoms with Crippen molar-refractivity contribution in [2.45, 2.75) is 4.90 Å². The highest BCUT2D eigenvalue weighted by molar-refractivity contribution is 7.89. The van der Waals surface area contributed by atoms with Gasteiger partial charge in [0.25, 0.3) is 5.91 Å². The molecular formula is C17H19F2N3O3S. The third-order valence-electron chi connectivity index (χ3n) is 3.67. The highest BCUT2D eigenvalue weighted by Gasteiger charge is 2.21.